The molecule has 0 bridgehead atoms. The van der Waals surface area contributed by atoms with Crippen LogP contribution in [0.3, 0.4) is 0 Å². The van der Waals surface area contributed by atoms with Gasteiger partial charge in [0, 0.05) is 18.5 Å². The summed E-state index contributed by atoms with van der Waals surface area (Å²) in [6.07, 6.45) is 0. The lowest BCUT2D eigenvalue weighted by molar-refractivity contribution is -0.136. The first-order valence-electron chi connectivity index (χ1n) is 6.44. The number of carbonyl (C=O) groups is 1. The fourth-order valence-corrected chi connectivity index (χ4v) is 2.61. The molecule has 0 saturated heterocycles. The van der Waals surface area contributed by atoms with Crippen molar-refractivity contribution in [3.8, 4) is 0 Å². The summed E-state index contributed by atoms with van der Waals surface area (Å²) in [5.41, 5.74) is 1.25. The maximum absolute atomic E-state index is 12.5. The Hall–Kier alpha value is -0.910. The minimum absolute atomic E-state index is 0.114. The number of ether oxygens (including phenoxy) is 1. The second kappa shape index (κ2) is 7.62. The van der Waals surface area contributed by atoms with Crippen LogP contribution in [0.1, 0.15) is 17.4 Å². The molecule has 1 amide bonds. The Morgan fingerprint density at radius 3 is 2.63 bits per heavy atom. The SMILES string of the molecule is COCCN(Cc1sccc1C)C(=O)[C@H](C)N(C)C. The number of thiophene rings is 1. The van der Waals surface area contributed by atoms with Gasteiger partial charge in [-0.25, -0.2) is 0 Å². The van der Waals surface area contributed by atoms with Crippen molar-refractivity contribution in [1.29, 1.82) is 0 Å². The van der Waals surface area contributed by atoms with Crippen LogP contribution < -0.4 is 0 Å². The average molecular weight is 284 g/mol. The van der Waals surface area contributed by atoms with Gasteiger partial charge in [-0.05, 0) is 45.0 Å². The van der Waals surface area contributed by atoms with Crippen LogP contribution in [0.2, 0.25) is 0 Å². The van der Waals surface area contributed by atoms with E-state index < -0.39 is 0 Å². The largest absolute Gasteiger partial charge is 0.383 e. The van der Waals surface area contributed by atoms with Gasteiger partial charge in [-0.3, -0.25) is 9.69 Å². The quantitative estimate of drug-likeness (QED) is 0.767. The van der Waals surface area contributed by atoms with Crippen LogP contribution in [-0.2, 0) is 16.1 Å². The Morgan fingerprint density at radius 2 is 2.16 bits per heavy atom. The third-order valence-corrected chi connectivity index (χ3v) is 4.32. The van der Waals surface area contributed by atoms with Crippen LogP contribution in [-0.4, -0.2) is 56.1 Å². The molecule has 5 heteroatoms. The van der Waals surface area contributed by atoms with Gasteiger partial charge >= 0.3 is 0 Å². The smallest absolute Gasteiger partial charge is 0.240 e. The topological polar surface area (TPSA) is 32.8 Å². The summed E-state index contributed by atoms with van der Waals surface area (Å²) < 4.78 is 5.11. The second-order valence-corrected chi connectivity index (χ2v) is 5.92. The van der Waals surface area contributed by atoms with Crippen LogP contribution in [0.15, 0.2) is 11.4 Å². The third kappa shape index (κ3) is 4.60. The number of methoxy groups -OCH3 is 1. The van der Waals surface area contributed by atoms with Crippen molar-refractivity contribution in [2.24, 2.45) is 0 Å². The molecule has 1 aromatic rings. The number of likely N-dealkylation sites (N-methyl/N-ethyl adjacent to an activating group) is 1. The number of hydrogen-bond donors (Lipinski definition) is 0. The van der Waals surface area contributed by atoms with Crippen LogP contribution in [0.4, 0.5) is 0 Å². The van der Waals surface area contributed by atoms with Crippen molar-refractivity contribution in [3.63, 3.8) is 0 Å². The zero-order valence-electron chi connectivity index (χ0n) is 12.5. The second-order valence-electron chi connectivity index (χ2n) is 4.92. The predicted octanol–water partition coefficient (Wildman–Crippen LogP) is 1.98. The van der Waals surface area contributed by atoms with Gasteiger partial charge in [0.25, 0.3) is 0 Å². The molecule has 1 heterocycles. The summed E-state index contributed by atoms with van der Waals surface area (Å²) in [5, 5.41) is 2.07. The molecule has 0 aliphatic carbocycles. The molecule has 19 heavy (non-hydrogen) atoms. The number of carbonyl (C=O) groups excluding carboxylic acids is 1. The summed E-state index contributed by atoms with van der Waals surface area (Å²) in [6, 6.07) is 1.98. The lowest BCUT2D eigenvalue weighted by atomic mass is 10.2. The van der Waals surface area contributed by atoms with E-state index in [-0.39, 0.29) is 11.9 Å². The molecule has 0 aliphatic heterocycles. The van der Waals surface area contributed by atoms with Gasteiger partial charge in [0.15, 0.2) is 0 Å². The molecule has 0 fully saturated rings. The molecule has 0 radical (unpaired) electrons. The van der Waals surface area contributed by atoms with Crippen LogP contribution >= 0.6 is 11.3 Å². The maximum Gasteiger partial charge on any atom is 0.240 e. The number of rotatable bonds is 7. The average Bonchev–Trinajstić information content (AvgIpc) is 2.78. The highest BCUT2D eigenvalue weighted by atomic mass is 32.1. The van der Waals surface area contributed by atoms with E-state index >= 15 is 0 Å². The van der Waals surface area contributed by atoms with E-state index in [2.05, 4.69) is 18.4 Å². The molecule has 0 aromatic carbocycles. The first kappa shape index (κ1) is 16.1. The molecule has 0 N–H and O–H groups in total. The molecule has 1 atom stereocenters. The molecule has 0 aliphatic rings. The molecular weight excluding hydrogens is 260 g/mol. The van der Waals surface area contributed by atoms with E-state index in [1.165, 1.54) is 10.4 Å². The number of hydrogen-bond acceptors (Lipinski definition) is 4. The highest BCUT2D eigenvalue weighted by Crippen LogP contribution is 2.18. The summed E-state index contributed by atoms with van der Waals surface area (Å²) >= 11 is 1.70. The first-order chi connectivity index (χ1) is 8.97. The number of aryl methyl sites for hydroxylation is 1. The first-order valence-corrected chi connectivity index (χ1v) is 7.32. The summed E-state index contributed by atoms with van der Waals surface area (Å²) in [4.78, 5) is 17.5. The van der Waals surface area contributed by atoms with Crippen molar-refractivity contribution < 1.29 is 9.53 Å². The van der Waals surface area contributed by atoms with E-state index in [9.17, 15) is 4.79 Å². The van der Waals surface area contributed by atoms with Crippen molar-refractivity contribution in [3.05, 3.63) is 21.9 Å². The molecule has 108 valence electrons. The van der Waals surface area contributed by atoms with Crippen molar-refractivity contribution in [2.45, 2.75) is 26.4 Å². The minimum Gasteiger partial charge on any atom is -0.383 e. The zero-order valence-corrected chi connectivity index (χ0v) is 13.3. The highest BCUT2D eigenvalue weighted by Gasteiger charge is 2.22. The van der Waals surface area contributed by atoms with Gasteiger partial charge in [0.05, 0.1) is 19.2 Å². The van der Waals surface area contributed by atoms with Gasteiger partial charge in [-0.2, -0.15) is 0 Å². The Kier molecular flexibility index (Phi) is 6.48. The predicted molar refractivity (Wildman–Crippen MR) is 79.5 cm³/mol. The van der Waals surface area contributed by atoms with Crippen molar-refractivity contribution in [1.82, 2.24) is 9.80 Å². The maximum atomic E-state index is 12.5. The highest BCUT2D eigenvalue weighted by molar-refractivity contribution is 7.10. The minimum atomic E-state index is -0.114. The summed E-state index contributed by atoms with van der Waals surface area (Å²) in [6.45, 7) is 5.88. The molecule has 4 nitrogen and oxygen atoms in total. The van der Waals surface area contributed by atoms with Crippen molar-refractivity contribution >= 4 is 17.2 Å². The van der Waals surface area contributed by atoms with Gasteiger partial charge in [0.1, 0.15) is 0 Å². The molecular formula is C14H24N2O2S. The zero-order chi connectivity index (χ0) is 14.4. The lowest BCUT2D eigenvalue weighted by Gasteiger charge is -2.28. The van der Waals surface area contributed by atoms with Crippen LogP contribution in [0, 0.1) is 6.92 Å². The molecule has 1 rings (SSSR count). The standard InChI is InChI=1S/C14H24N2O2S/c1-11-6-9-19-13(11)10-16(7-8-18-5)14(17)12(2)15(3)4/h6,9,12H,7-8,10H2,1-5H3/t12-/m0/s1. The normalized spacial score (nSPS) is 12.7. The van der Waals surface area contributed by atoms with Crippen LogP contribution in [0.25, 0.3) is 0 Å². The number of amides is 1. The van der Waals surface area contributed by atoms with E-state index in [0.29, 0.717) is 19.7 Å². The Labute approximate surface area is 120 Å². The molecule has 1 aromatic heterocycles. The fourth-order valence-electron chi connectivity index (χ4n) is 1.69. The van der Waals surface area contributed by atoms with Crippen molar-refractivity contribution in [2.75, 3.05) is 34.4 Å². The third-order valence-electron chi connectivity index (χ3n) is 3.31. The number of nitrogens with zero attached hydrogens (tertiary/aromatic N) is 2. The molecule has 0 saturated carbocycles. The Balaban J connectivity index is 2.76. The summed E-state index contributed by atoms with van der Waals surface area (Å²) in [7, 11) is 5.51. The monoisotopic (exact) mass is 284 g/mol. The van der Waals surface area contributed by atoms with Gasteiger partial charge < -0.3 is 9.64 Å². The Morgan fingerprint density at radius 1 is 1.47 bits per heavy atom. The van der Waals surface area contributed by atoms with Gasteiger partial charge in [0.2, 0.25) is 5.91 Å². The van der Waals surface area contributed by atoms with E-state index in [1.54, 1.807) is 18.4 Å². The lowest BCUT2D eigenvalue weighted by Crippen LogP contribution is -2.45. The summed E-state index contributed by atoms with van der Waals surface area (Å²) in [5.74, 6) is 0.148. The molecule has 0 spiro atoms. The van der Waals surface area contributed by atoms with E-state index in [1.807, 2.05) is 30.8 Å². The van der Waals surface area contributed by atoms with Gasteiger partial charge in [-0.1, -0.05) is 0 Å². The van der Waals surface area contributed by atoms with E-state index in [0.717, 1.165) is 0 Å². The molecule has 0 unspecified atom stereocenters. The van der Waals surface area contributed by atoms with Crippen LogP contribution in [0.5, 0.6) is 0 Å². The van der Waals surface area contributed by atoms with E-state index in [4.69, 9.17) is 4.74 Å². The van der Waals surface area contributed by atoms with Gasteiger partial charge in [-0.15, -0.1) is 11.3 Å². The fraction of sp³-hybridized carbons (Fsp3) is 0.643. The Bertz CT molecular complexity index is 404.